The summed E-state index contributed by atoms with van der Waals surface area (Å²) in [6.45, 7) is 0.418. The van der Waals surface area contributed by atoms with Gasteiger partial charge in [-0.15, -0.1) is 0 Å². The number of hydrogen-bond acceptors (Lipinski definition) is 14. The van der Waals surface area contributed by atoms with Gasteiger partial charge in [0.15, 0.2) is 11.5 Å². The zero-order valence-corrected chi connectivity index (χ0v) is 29.9. The van der Waals surface area contributed by atoms with Gasteiger partial charge in [-0.25, -0.2) is 0 Å². The van der Waals surface area contributed by atoms with E-state index in [9.17, 15) is 24.9 Å². The Morgan fingerprint density at radius 1 is 0.964 bits per heavy atom. The summed E-state index contributed by atoms with van der Waals surface area (Å²) >= 11 is 0. The van der Waals surface area contributed by atoms with E-state index < -0.39 is 67.9 Å². The zero-order chi connectivity index (χ0) is 38.4. The first-order valence-electron chi connectivity index (χ1n) is 17.8. The van der Waals surface area contributed by atoms with Crippen LogP contribution in [-0.2, 0) is 32.0 Å². The fourth-order valence-corrected chi connectivity index (χ4v) is 7.84. The van der Waals surface area contributed by atoms with Crippen molar-refractivity contribution in [1.82, 2.24) is 4.90 Å². The minimum Gasteiger partial charge on any atom is -0.493 e. The van der Waals surface area contributed by atoms with E-state index in [1.165, 1.54) is 0 Å². The molecule has 15 heteroatoms. The highest BCUT2D eigenvalue weighted by Crippen LogP contribution is 2.59. The van der Waals surface area contributed by atoms with Crippen molar-refractivity contribution in [3.05, 3.63) is 100 Å². The molecule has 0 aliphatic carbocycles. The molecule has 0 spiro atoms. The summed E-state index contributed by atoms with van der Waals surface area (Å²) in [4.78, 5) is 29.4. The minimum atomic E-state index is -1.74. The van der Waals surface area contributed by atoms with E-state index >= 15 is 0 Å². The Hall–Kier alpha value is -5.61. The summed E-state index contributed by atoms with van der Waals surface area (Å²) in [6, 6.07) is 17.3. The van der Waals surface area contributed by atoms with Crippen molar-refractivity contribution in [2.75, 3.05) is 27.4 Å². The van der Waals surface area contributed by atoms with Crippen molar-refractivity contribution >= 4 is 18.2 Å². The Morgan fingerprint density at radius 3 is 2.53 bits per heavy atom. The Kier molecular flexibility index (Phi) is 9.86. The molecule has 5 aliphatic heterocycles. The van der Waals surface area contributed by atoms with Crippen LogP contribution in [0.2, 0.25) is 0 Å². The summed E-state index contributed by atoms with van der Waals surface area (Å²) in [5, 5.41) is 41.3. The SMILES string of the molecule is COc1ccc2c(c1OC)OC1c3c(CN4C=C5N=CC=C5C4)cc(OC4OC(COC(=O)CC(=O)O)C(O)C(O)C4O)cc3OC(Cc3ccccc3)C21. The number of fused-ring (bicyclic) bond motifs is 6. The number of aliphatic imine (C=N–C) groups is 1. The number of aliphatic hydroxyl groups is 3. The number of carboxylic acids is 1. The lowest BCUT2D eigenvalue weighted by Crippen LogP contribution is -2.60. The molecule has 3 aromatic rings. The monoisotopic (exact) mass is 756 g/mol. The fourth-order valence-electron chi connectivity index (χ4n) is 7.84. The molecule has 4 N–H and O–H groups in total. The lowest BCUT2D eigenvalue weighted by Gasteiger charge is -2.40. The van der Waals surface area contributed by atoms with Crippen LogP contribution in [-0.4, -0.2) is 108 Å². The van der Waals surface area contributed by atoms with Gasteiger partial charge in [0.2, 0.25) is 12.0 Å². The Bertz CT molecular complexity index is 2070. The first-order chi connectivity index (χ1) is 26.6. The van der Waals surface area contributed by atoms with Crippen molar-refractivity contribution in [3.63, 3.8) is 0 Å². The number of carboxylic acid groups (broad SMARTS) is 1. The maximum absolute atomic E-state index is 11.9. The fraction of sp³-hybridized carbons (Fsp3) is 0.375. The van der Waals surface area contributed by atoms with Crippen LogP contribution in [0.3, 0.4) is 0 Å². The van der Waals surface area contributed by atoms with E-state index in [1.807, 2.05) is 54.7 Å². The molecule has 0 saturated carbocycles. The van der Waals surface area contributed by atoms with Gasteiger partial charge < -0.3 is 58.5 Å². The average Bonchev–Trinajstić information content (AvgIpc) is 3.88. The van der Waals surface area contributed by atoms with Gasteiger partial charge in [-0.05, 0) is 29.3 Å². The molecule has 1 saturated heterocycles. The number of nitrogens with zero attached hydrogens (tertiary/aromatic N) is 2. The summed E-state index contributed by atoms with van der Waals surface area (Å²) in [5.41, 5.74) is 5.50. The van der Waals surface area contributed by atoms with Crippen LogP contribution in [0.1, 0.15) is 40.7 Å². The molecule has 288 valence electrons. The number of benzene rings is 3. The van der Waals surface area contributed by atoms with E-state index in [1.54, 1.807) is 32.6 Å². The van der Waals surface area contributed by atoms with Crippen LogP contribution >= 0.6 is 0 Å². The molecule has 8 unspecified atom stereocenters. The number of ether oxygens (including phenoxy) is 7. The summed E-state index contributed by atoms with van der Waals surface area (Å²) in [6.07, 6.45) is -3.53. The zero-order valence-electron chi connectivity index (χ0n) is 29.9. The van der Waals surface area contributed by atoms with Crippen LogP contribution in [0.5, 0.6) is 28.7 Å². The van der Waals surface area contributed by atoms with Gasteiger partial charge >= 0.3 is 11.9 Å². The highest BCUT2D eigenvalue weighted by molar-refractivity contribution is 5.90. The van der Waals surface area contributed by atoms with Gasteiger partial charge in [-0.2, -0.15) is 0 Å². The lowest BCUT2D eigenvalue weighted by molar-refractivity contribution is -0.278. The number of aliphatic hydroxyl groups excluding tert-OH is 3. The Labute approximate surface area is 315 Å². The summed E-state index contributed by atoms with van der Waals surface area (Å²) in [7, 11) is 3.14. The predicted octanol–water partition coefficient (Wildman–Crippen LogP) is 2.80. The Balaban J connectivity index is 1.17. The molecule has 55 heavy (non-hydrogen) atoms. The van der Waals surface area contributed by atoms with Crippen LogP contribution in [0.25, 0.3) is 0 Å². The molecule has 5 aliphatic rings. The third-order valence-electron chi connectivity index (χ3n) is 10.4. The molecule has 3 aromatic carbocycles. The summed E-state index contributed by atoms with van der Waals surface area (Å²) in [5.74, 6) is -0.430. The molecule has 8 atom stereocenters. The molecule has 0 amide bonds. The van der Waals surface area contributed by atoms with Gasteiger partial charge in [0, 0.05) is 54.7 Å². The standard InChI is InChI=1S/C40H40N2O13/c1-49-26-9-8-24-33-27(12-20-6-4-3-5-7-20)53-28-14-23(52-40-36(48)35(47)34(46)29(54-40)19-51-31(45)15-30(43)44)13-22(17-42-16-21-10-11-41-25(21)18-42)32(28)39(33)55-37(24)38(26)50-2/h3-11,13-14,18,27,29,33-36,39-40,46-48H,12,15-17,19H2,1-2H3,(H,43,44). The van der Waals surface area contributed by atoms with Gasteiger partial charge in [-0.1, -0.05) is 36.4 Å². The van der Waals surface area contributed by atoms with Gasteiger partial charge in [-0.3, -0.25) is 14.6 Å². The molecule has 1 fully saturated rings. The van der Waals surface area contributed by atoms with E-state index in [0.717, 1.165) is 33.5 Å². The Morgan fingerprint density at radius 2 is 1.78 bits per heavy atom. The van der Waals surface area contributed by atoms with E-state index in [0.29, 0.717) is 42.5 Å². The van der Waals surface area contributed by atoms with Crippen molar-refractivity contribution in [3.8, 4) is 28.7 Å². The number of esters is 1. The smallest absolute Gasteiger partial charge is 0.317 e. The summed E-state index contributed by atoms with van der Waals surface area (Å²) < 4.78 is 42.3. The normalized spacial score (nSPS) is 27.0. The number of carbonyl (C=O) groups is 2. The predicted molar refractivity (Wildman–Crippen MR) is 192 cm³/mol. The van der Waals surface area contributed by atoms with Crippen LogP contribution in [0.15, 0.2) is 83.1 Å². The molecule has 0 bridgehead atoms. The third-order valence-corrected chi connectivity index (χ3v) is 10.4. The van der Waals surface area contributed by atoms with Gasteiger partial charge in [0.1, 0.15) is 61.2 Å². The highest BCUT2D eigenvalue weighted by atomic mass is 16.7. The molecule has 0 radical (unpaired) electrons. The van der Waals surface area contributed by atoms with E-state index in [-0.39, 0.29) is 11.7 Å². The number of allylic oxidation sites excluding steroid dienone is 1. The highest BCUT2D eigenvalue weighted by Gasteiger charge is 2.50. The number of aliphatic carboxylic acids is 1. The topological polar surface area (TPSA) is 195 Å². The average molecular weight is 757 g/mol. The van der Waals surface area contributed by atoms with Crippen LogP contribution in [0.4, 0.5) is 0 Å². The number of rotatable bonds is 12. The number of carbonyl (C=O) groups excluding carboxylic acids is 1. The second-order valence-corrected chi connectivity index (χ2v) is 13.9. The molecule has 0 aromatic heterocycles. The first kappa shape index (κ1) is 36.4. The molecule has 5 heterocycles. The third kappa shape index (κ3) is 6.95. The number of hydrogen-bond donors (Lipinski definition) is 4. The van der Waals surface area contributed by atoms with Crippen molar-refractivity contribution < 1.29 is 63.2 Å². The van der Waals surface area contributed by atoms with Gasteiger partial charge in [0.25, 0.3) is 0 Å². The van der Waals surface area contributed by atoms with E-state index in [2.05, 4.69) is 9.89 Å². The van der Waals surface area contributed by atoms with Crippen molar-refractivity contribution in [1.29, 1.82) is 0 Å². The molecule has 15 nitrogen and oxygen atoms in total. The number of methoxy groups -OCH3 is 2. The maximum atomic E-state index is 11.9. The van der Waals surface area contributed by atoms with Crippen LogP contribution < -0.4 is 23.7 Å². The second kappa shape index (κ2) is 14.9. The molecular weight excluding hydrogens is 716 g/mol. The maximum Gasteiger partial charge on any atom is 0.317 e. The minimum absolute atomic E-state index is 0.221. The van der Waals surface area contributed by atoms with Crippen molar-refractivity contribution in [2.45, 2.75) is 68.2 Å². The molecule has 8 rings (SSSR count). The first-order valence-corrected chi connectivity index (χ1v) is 17.8. The van der Waals surface area contributed by atoms with Gasteiger partial charge in [0.05, 0.1) is 25.8 Å². The van der Waals surface area contributed by atoms with E-state index in [4.69, 9.17) is 38.3 Å². The largest absolute Gasteiger partial charge is 0.493 e. The second-order valence-electron chi connectivity index (χ2n) is 13.9. The van der Waals surface area contributed by atoms with Crippen molar-refractivity contribution in [2.24, 2.45) is 4.99 Å². The van der Waals surface area contributed by atoms with Crippen LogP contribution in [0, 0.1) is 0 Å². The molecular formula is C40H40N2O13. The lowest BCUT2D eigenvalue weighted by atomic mass is 9.80. The quantitative estimate of drug-likeness (QED) is 0.156.